The standard InChI is InChI=1S/C13H26N2O5S/c1-4-15(9-13(16)17)12-7-11(8-12)14-21(18,19)6-5-20-10(2)3/h10-12,14H,4-9H2,1-3H3,(H,16,17). The minimum Gasteiger partial charge on any atom is -0.480 e. The molecular formula is C13H26N2O5S. The molecule has 8 heteroatoms. The van der Waals surface area contributed by atoms with E-state index in [1.807, 2.05) is 25.7 Å². The van der Waals surface area contributed by atoms with Crippen molar-refractivity contribution in [2.24, 2.45) is 0 Å². The summed E-state index contributed by atoms with van der Waals surface area (Å²) in [6, 6.07) is 0.0487. The van der Waals surface area contributed by atoms with E-state index in [-0.39, 0.29) is 37.1 Å². The SMILES string of the molecule is CCN(CC(=O)O)C1CC(NS(=O)(=O)CCOC(C)C)C1. The maximum atomic E-state index is 11.8. The average molecular weight is 322 g/mol. The number of hydrogen-bond acceptors (Lipinski definition) is 5. The van der Waals surface area contributed by atoms with Crippen LogP contribution in [-0.4, -0.2) is 68.0 Å². The first kappa shape index (κ1) is 18.3. The van der Waals surface area contributed by atoms with Crippen LogP contribution in [0.15, 0.2) is 0 Å². The maximum Gasteiger partial charge on any atom is 0.317 e. The molecule has 0 amide bonds. The van der Waals surface area contributed by atoms with E-state index in [9.17, 15) is 13.2 Å². The summed E-state index contributed by atoms with van der Waals surface area (Å²) < 4.78 is 31.6. The van der Waals surface area contributed by atoms with Crippen molar-refractivity contribution in [2.45, 2.75) is 51.8 Å². The van der Waals surface area contributed by atoms with Crippen molar-refractivity contribution in [2.75, 3.05) is 25.4 Å². The van der Waals surface area contributed by atoms with Gasteiger partial charge in [0.15, 0.2) is 0 Å². The molecule has 1 saturated carbocycles. The fourth-order valence-electron chi connectivity index (χ4n) is 2.36. The molecule has 0 heterocycles. The van der Waals surface area contributed by atoms with Crippen molar-refractivity contribution in [1.29, 1.82) is 0 Å². The molecule has 1 rings (SSSR count). The molecule has 21 heavy (non-hydrogen) atoms. The van der Waals surface area contributed by atoms with Crippen molar-refractivity contribution < 1.29 is 23.1 Å². The Labute approximate surface area is 126 Å². The highest BCUT2D eigenvalue weighted by molar-refractivity contribution is 7.89. The number of sulfonamides is 1. The zero-order valence-corrected chi connectivity index (χ0v) is 13.7. The number of hydrogen-bond donors (Lipinski definition) is 2. The van der Waals surface area contributed by atoms with Crippen LogP contribution in [0.4, 0.5) is 0 Å². The largest absolute Gasteiger partial charge is 0.480 e. The molecule has 2 N–H and O–H groups in total. The summed E-state index contributed by atoms with van der Waals surface area (Å²) >= 11 is 0. The van der Waals surface area contributed by atoms with Crippen LogP contribution in [0.5, 0.6) is 0 Å². The third-order valence-electron chi connectivity index (χ3n) is 3.52. The van der Waals surface area contributed by atoms with Gasteiger partial charge in [0.25, 0.3) is 0 Å². The molecule has 0 spiro atoms. The van der Waals surface area contributed by atoms with E-state index < -0.39 is 16.0 Å². The second-order valence-electron chi connectivity index (χ2n) is 5.64. The van der Waals surface area contributed by atoms with Crippen LogP contribution in [0.1, 0.15) is 33.6 Å². The van der Waals surface area contributed by atoms with Crippen LogP contribution in [0.2, 0.25) is 0 Å². The highest BCUT2D eigenvalue weighted by Gasteiger charge is 2.35. The van der Waals surface area contributed by atoms with E-state index in [1.165, 1.54) is 0 Å². The Morgan fingerprint density at radius 1 is 1.43 bits per heavy atom. The molecule has 0 aromatic rings. The first-order valence-corrected chi connectivity index (χ1v) is 8.96. The van der Waals surface area contributed by atoms with Crippen LogP contribution in [0, 0.1) is 0 Å². The molecule has 1 aliphatic carbocycles. The van der Waals surface area contributed by atoms with Gasteiger partial charge in [0, 0.05) is 12.1 Å². The van der Waals surface area contributed by atoms with Gasteiger partial charge in [0.2, 0.25) is 10.0 Å². The topological polar surface area (TPSA) is 95.9 Å². The van der Waals surface area contributed by atoms with Crippen LogP contribution in [0.25, 0.3) is 0 Å². The molecule has 1 fully saturated rings. The van der Waals surface area contributed by atoms with Crippen molar-refractivity contribution in [3.05, 3.63) is 0 Å². The molecule has 0 unspecified atom stereocenters. The molecule has 7 nitrogen and oxygen atoms in total. The summed E-state index contributed by atoms with van der Waals surface area (Å²) in [5, 5.41) is 8.81. The van der Waals surface area contributed by atoms with E-state index in [0.29, 0.717) is 19.4 Å². The number of nitrogens with one attached hydrogen (secondary N) is 1. The zero-order valence-electron chi connectivity index (χ0n) is 12.9. The lowest BCUT2D eigenvalue weighted by molar-refractivity contribution is -0.139. The Bertz CT molecular complexity index is 432. The third kappa shape index (κ3) is 6.73. The predicted octanol–water partition coefficient (Wildman–Crippen LogP) is 0.268. The van der Waals surface area contributed by atoms with Gasteiger partial charge in [-0.25, -0.2) is 13.1 Å². The van der Waals surface area contributed by atoms with Gasteiger partial charge in [-0.1, -0.05) is 6.92 Å². The number of likely N-dealkylation sites (N-methyl/N-ethyl adjacent to an activating group) is 1. The van der Waals surface area contributed by atoms with Crippen molar-refractivity contribution in [3.8, 4) is 0 Å². The Kier molecular flexibility index (Phi) is 7.05. The van der Waals surface area contributed by atoms with E-state index in [4.69, 9.17) is 9.84 Å². The first-order valence-electron chi connectivity index (χ1n) is 7.31. The molecule has 0 bridgehead atoms. The van der Waals surface area contributed by atoms with Gasteiger partial charge in [0.05, 0.1) is 25.0 Å². The number of ether oxygens (including phenoxy) is 1. The minimum absolute atomic E-state index is 0.00284. The molecule has 0 radical (unpaired) electrons. The number of carboxylic acid groups (broad SMARTS) is 1. The van der Waals surface area contributed by atoms with Gasteiger partial charge in [0.1, 0.15) is 0 Å². The van der Waals surface area contributed by atoms with Crippen LogP contribution in [0.3, 0.4) is 0 Å². The first-order chi connectivity index (χ1) is 9.73. The molecule has 124 valence electrons. The van der Waals surface area contributed by atoms with Crippen molar-refractivity contribution >= 4 is 16.0 Å². The molecule has 0 aliphatic heterocycles. The lowest BCUT2D eigenvalue weighted by atomic mass is 9.86. The molecule has 0 aromatic carbocycles. The molecular weight excluding hydrogens is 296 g/mol. The molecule has 0 saturated heterocycles. The van der Waals surface area contributed by atoms with Crippen molar-refractivity contribution in [3.63, 3.8) is 0 Å². The summed E-state index contributed by atoms with van der Waals surface area (Å²) in [5.74, 6) is -0.898. The van der Waals surface area contributed by atoms with Gasteiger partial charge < -0.3 is 9.84 Å². The van der Waals surface area contributed by atoms with E-state index in [0.717, 1.165) is 0 Å². The third-order valence-corrected chi connectivity index (χ3v) is 4.92. The number of carbonyl (C=O) groups is 1. The Morgan fingerprint density at radius 3 is 2.52 bits per heavy atom. The molecule has 1 aliphatic rings. The second kappa shape index (κ2) is 8.07. The summed E-state index contributed by atoms with van der Waals surface area (Å²) in [6.45, 7) is 6.46. The summed E-state index contributed by atoms with van der Waals surface area (Å²) in [6.07, 6.45) is 1.33. The predicted molar refractivity (Wildman–Crippen MR) is 79.7 cm³/mol. The van der Waals surface area contributed by atoms with Gasteiger partial charge in [-0.15, -0.1) is 0 Å². The molecule has 0 atom stereocenters. The number of carboxylic acids is 1. The number of rotatable bonds is 10. The fraction of sp³-hybridized carbons (Fsp3) is 0.923. The Hall–Kier alpha value is -0.700. The fourth-order valence-corrected chi connectivity index (χ4v) is 3.50. The summed E-state index contributed by atoms with van der Waals surface area (Å²) in [4.78, 5) is 12.6. The van der Waals surface area contributed by atoms with E-state index >= 15 is 0 Å². The van der Waals surface area contributed by atoms with E-state index in [2.05, 4.69) is 4.72 Å². The van der Waals surface area contributed by atoms with Crippen LogP contribution in [-0.2, 0) is 19.6 Å². The monoisotopic (exact) mass is 322 g/mol. The average Bonchev–Trinajstić information content (AvgIpc) is 2.29. The second-order valence-corrected chi connectivity index (χ2v) is 7.51. The Balaban J connectivity index is 2.31. The maximum absolute atomic E-state index is 11.8. The normalized spacial score (nSPS) is 22.5. The highest BCUT2D eigenvalue weighted by Crippen LogP contribution is 2.26. The lowest BCUT2D eigenvalue weighted by Gasteiger charge is -2.42. The van der Waals surface area contributed by atoms with Gasteiger partial charge >= 0.3 is 5.97 Å². The summed E-state index contributed by atoms with van der Waals surface area (Å²) in [7, 11) is -3.33. The number of nitrogens with zero attached hydrogens (tertiary/aromatic N) is 1. The van der Waals surface area contributed by atoms with Gasteiger partial charge in [-0.3, -0.25) is 9.69 Å². The van der Waals surface area contributed by atoms with Gasteiger partial charge in [-0.2, -0.15) is 0 Å². The molecule has 0 aromatic heterocycles. The van der Waals surface area contributed by atoms with Crippen LogP contribution >= 0.6 is 0 Å². The van der Waals surface area contributed by atoms with Crippen LogP contribution < -0.4 is 4.72 Å². The lowest BCUT2D eigenvalue weighted by Crippen LogP contribution is -2.55. The number of aliphatic carboxylic acids is 1. The van der Waals surface area contributed by atoms with Gasteiger partial charge in [-0.05, 0) is 33.2 Å². The quantitative estimate of drug-likeness (QED) is 0.599. The summed E-state index contributed by atoms with van der Waals surface area (Å²) in [5.41, 5.74) is 0. The van der Waals surface area contributed by atoms with Crippen molar-refractivity contribution in [1.82, 2.24) is 9.62 Å². The van der Waals surface area contributed by atoms with E-state index in [1.54, 1.807) is 0 Å². The minimum atomic E-state index is -3.33. The highest BCUT2D eigenvalue weighted by atomic mass is 32.2. The smallest absolute Gasteiger partial charge is 0.317 e. The zero-order chi connectivity index (χ0) is 16.0. The Morgan fingerprint density at radius 2 is 2.05 bits per heavy atom.